The van der Waals surface area contributed by atoms with Crippen LogP contribution in [-0.4, -0.2) is 52.1 Å². The summed E-state index contributed by atoms with van der Waals surface area (Å²) in [5, 5.41) is 18.7. The van der Waals surface area contributed by atoms with Crippen molar-refractivity contribution in [3.8, 4) is 11.5 Å². The van der Waals surface area contributed by atoms with Gasteiger partial charge in [0.1, 0.15) is 35.7 Å². The first kappa shape index (κ1) is 24.5. The maximum Gasteiger partial charge on any atom is 0.222 e. The average molecular weight is 502 g/mol. The first-order valence-electron chi connectivity index (χ1n) is 12.2. The number of nitrogens with one attached hydrogen (secondary N) is 1. The van der Waals surface area contributed by atoms with E-state index in [1.54, 1.807) is 14.2 Å². The molecule has 37 heavy (non-hydrogen) atoms. The Labute approximate surface area is 215 Å². The zero-order chi connectivity index (χ0) is 26.2. The highest BCUT2D eigenvalue weighted by atomic mass is 16.5. The number of methoxy groups -OCH3 is 2. The molecule has 2 aromatic carbocycles. The Bertz CT molecular complexity index is 1340. The van der Waals surface area contributed by atoms with Gasteiger partial charge in [0.2, 0.25) is 5.95 Å². The zero-order valence-electron chi connectivity index (χ0n) is 21.4. The highest BCUT2D eigenvalue weighted by Gasteiger charge is 2.40. The third kappa shape index (κ3) is 4.81. The number of hydrogen-bond acceptors (Lipinski definition) is 8. The van der Waals surface area contributed by atoms with E-state index in [0.717, 1.165) is 22.6 Å². The SMILES string of the molecule is COc1ccc([C@@H]2Nc3ncnn3[C@@H](c3ccc(OC)cc3)[C@@H]2N=CC2=C(O)CC(C)(C)CC2=O)cc1. The van der Waals surface area contributed by atoms with Crippen LogP contribution in [-0.2, 0) is 4.79 Å². The predicted octanol–water partition coefficient (Wildman–Crippen LogP) is 4.69. The van der Waals surface area contributed by atoms with Gasteiger partial charge in [0, 0.05) is 19.1 Å². The summed E-state index contributed by atoms with van der Waals surface area (Å²) < 4.78 is 12.5. The fourth-order valence-electron chi connectivity index (χ4n) is 5.12. The highest BCUT2D eigenvalue weighted by Crippen LogP contribution is 2.41. The third-order valence-corrected chi connectivity index (χ3v) is 6.99. The molecule has 9 nitrogen and oxygen atoms in total. The normalized spacial score (nSPS) is 23.0. The van der Waals surface area contributed by atoms with E-state index in [1.165, 1.54) is 12.5 Å². The number of benzene rings is 2. The van der Waals surface area contributed by atoms with Crippen LogP contribution in [0.3, 0.4) is 0 Å². The number of ketones is 1. The number of hydrogen-bond donors (Lipinski definition) is 2. The van der Waals surface area contributed by atoms with Gasteiger partial charge in [-0.15, -0.1) is 0 Å². The van der Waals surface area contributed by atoms with Crippen LogP contribution >= 0.6 is 0 Å². The van der Waals surface area contributed by atoms with E-state index in [2.05, 4.69) is 15.4 Å². The highest BCUT2D eigenvalue weighted by molar-refractivity contribution is 6.14. The predicted molar refractivity (Wildman–Crippen MR) is 140 cm³/mol. The van der Waals surface area contributed by atoms with E-state index in [0.29, 0.717) is 18.8 Å². The van der Waals surface area contributed by atoms with Crippen LogP contribution in [0.4, 0.5) is 5.95 Å². The number of nitrogens with zero attached hydrogens (tertiary/aromatic N) is 4. The van der Waals surface area contributed by atoms with E-state index in [-0.39, 0.29) is 34.6 Å². The summed E-state index contributed by atoms with van der Waals surface area (Å²) in [6, 6.07) is 14.5. The number of carbonyl (C=O) groups is 1. The molecule has 3 atom stereocenters. The smallest absolute Gasteiger partial charge is 0.222 e. The van der Waals surface area contributed by atoms with Crippen LogP contribution in [0.5, 0.6) is 11.5 Å². The van der Waals surface area contributed by atoms with Crippen LogP contribution < -0.4 is 14.8 Å². The first-order chi connectivity index (χ1) is 17.8. The number of carbonyl (C=O) groups excluding carboxylic acids is 1. The van der Waals surface area contributed by atoms with Crippen molar-refractivity contribution in [3.63, 3.8) is 0 Å². The molecule has 5 rings (SSSR count). The van der Waals surface area contributed by atoms with Crippen molar-refractivity contribution in [1.29, 1.82) is 0 Å². The van der Waals surface area contributed by atoms with Crippen molar-refractivity contribution in [2.45, 2.75) is 44.8 Å². The molecule has 1 aromatic heterocycles. The summed E-state index contributed by atoms with van der Waals surface area (Å²) in [5.41, 5.74) is 1.93. The molecule has 192 valence electrons. The van der Waals surface area contributed by atoms with Gasteiger partial charge in [-0.25, -0.2) is 4.68 Å². The monoisotopic (exact) mass is 501 g/mol. The molecule has 1 aliphatic heterocycles. The second-order valence-electron chi connectivity index (χ2n) is 10.2. The van der Waals surface area contributed by atoms with Crippen molar-refractivity contribution >= 4 is 17.9 Å². The molecule has 0 saturated carbocycles. The third-order valence-electron chi connectivity index (χ3n) is 6.99. The Morgan fingerprint density at radius 1 is 1.03 bits per heavy atom. The van der Waals surface area contributed by atoms with Gasteiger partial charge < -0.3 is 19.9 Å². The van der Waals surface area contributed by atoms with Gasteiger partial charge in [-0.2, -0.15) is 10.1 Å². The van der Waals surface area contributed by atoms with Gasteiger partial charge in [-0.05, 0) is 40.8 Å². The lowest BCUT2D eigenvalue weighted by molar-refractivity contribution is -0.117. The lowest BCUT2D eigenvalue weighted by Gasteiger charge is -2.37. The standard InChI is InChI=1S/C28H31N5O4/c1-28(2)13-22(34)21(23(35)14-28)15-29-25-24(17-5-9-19(36-3)10-6-17)32-27-30-16-31-33(27)26(25)18-7-11-20(37-4)12-8-18/h5-12,15-16,24-26,34H,13-14H2,1-4H3,(H,30,31,32)/t24-,25+,26-/m0/s1. The summed E-state index contributed by atoms with van der Waals surface area (Å²) in [4.78, 5) is 22.3. The molecule has 2 aliphatic rings. The fraction of sp³-hybridized carbons (Fsp3) is 0.357. The Kier molecular flexibility index (Phi) is 6.45. The Morgan fingerprint density at radius 3 is 2.24 bits per heavy atom. The number of ether oxygens (including phenoxy) is 2. The molecule has 2 N–H and O–H groups in total. The Balaban J connectivity index is 1.62. The van der Waals surface area contributed by atoms with Crippen LogP contribution in [0.2, 0.25) is 0 Å². The number of fused-ring (bicyclic) bond motifs is 1. The topological polar surface area (TPSA) is 111 Å². The lowest BCUT2D eigenvalue weighted by atomic mass is 9.77. The molecule has 0 saturated heterocycles. The maximum absolute atomic E-state index is 12.9. The molecule has 2 heterocycles. The van der Waals surface area contributed by atoms with Gasteiger partial charge in [-0.3, -0.25) is 9.79 Å². The number of allylic oxidation sites excluding steroid dienone is 2. The van der Waals surface area contributed by atoms with Crippen molar-refractivity contribution in [1.82, 2.24) is 14.8 Å². The van der Waals surface area contributed by atoms with Crippen LogP contribution in [0.25, 0.3) is 0 Å². The van der Waals surface area contributed by atoms with Gasteiger partial charge in [0.25, 0.3) is 0 Å². The van der Waals surface area contributed by atoms with Crippen molar-refractivity contribution in [2.24, 2.45) is 10.4 Å². The van der Waals surface area contributed by atoms with Crippen LogP contribution in [0.1, 0.15) is 49.9 Å². The van der Waals surface area contributed by atoms with E-state index < -0.39 is 6.04 Å². The van der Waals surface area contributed by atoms with Crippen LogP contribution in [0, 0.1) is 5.41 Å². The molecule has 1 aliphatic carbocycles. The van der Waals surface area contributed by atoms with Crippen molar-refractivity contribution in [3.05, 3.63) is 77.3 Å². The Morgan fingerprint density at radius 2 is 1.65 bits per heavy atom. The van der Waals surface area contributed by atoms with Crippen molar-refractivity contribution < 1.29 is 19.4 Å². The molecule has 0 spiro atoms. The molecule has 3 aromatic rings. The number of Topliss-reactive ketones (excluding diaryl/α,β-unsaturated/α-hetero) is 1. The minimum Gasteiger partial charge on any atom is -0.511 e. The fourth-order valence-corrected chi connectivity index (χ4v) is 5.12. The van der Waals surface area contributed by atoms with Crippen LogP contribution in [0.15, 0.2) is 71.2 Å². The second kappa shape index (κ2) is 9.72. The summed E-state index contributed by atoms with van der Waals surface area (Å²) in [5.74, 6) is 2.08. The van der Waals surface area contributed by atoms with Gasteiger partial charge >= 0.3 is 0 Å². The van der Waals surface area contributed by atoms with E-state index >= 15 is 0 Å². The second-order valence-corrected chi connectivity index (χ2v) is 10.2. The molecular formula is C28H31N5O4. The first-order valence-corrected chi connectivity index (χ1v) is 12.2. The summed E-state index contributed by atoms with van der Waals surface area (Å²) >= 11 is 0. The number of aliphatic hydroxyl groups is 1. The quantitative estimate of drug-likeness (QED) is 0.471. The summed E-state index contributed by atoms with van der Waals surface area (Å²) in [6.07, 6.45) is 3.84. The van der Waals surface area contributed by atoms with Gasteiger partial charge in [0.05, 0.1) is 25.8 Å². The number of aliphatic hydroxyl groups excluding tert-OH is 1. The molecule has 0 radical (unpaired) electrons. The largest absolute Gasteiger partial charge is 0.511 e. The van der Waals surface area contributed by atoms with E-state index in [9.17, 15) is 9.90 Å². The molecule has 0 bridgehead atoms. The maximum atomic E-state index is 12.9. The average Bonchev–Trinajstić information content (AvgIpc) is 3.35. The minimum atomic E-state index is -0.418. The summed E-state index contributed by atoms with van der Waals surface area (Å²) in [7, 11) is 3.26. The molecular weight excluding hydrogens is 470 g/mol. The number of rotatable bonds is 6. The molecule has 0 amide bonds. The van der Waals surface area contributed by atoms with Crippen molar-refractivity contribution in [2.75, 3.05) is 19.5 Å². The zero-order valence-corrected chi connectivity index (χ0v) is 21.4. The molecule has 9 heteroatoms. The van der Waals surface area contributed by atoms with E-state index in [1.807, 2.05) is 67.1 Å². The number of anilines is 1. The molecule has 0 unspecified atom stereocenters. The number of aliphatic imine (C=N–C) groups is 1. The van der Waals surface area contributed by atoms with E-state index in [4.69, 9.17) is 14.5 Å². The summed E-state index contributed by atoms with van der Waals surface area (Å²) in [6.45, 7) is 3.96. The number of aromatic nitrogens is 3. The lowest BCUT2D eigenvalue weighted by Crippen LogP contribution is -2.40. The molecule has 0 fully saturated rings. The minimum absolute atomic E-state index is 0.0807. The Hall–Kier alpha value is -4.14. The van der Waals surface area contributed by atoms with Gasteiger partial charge in [0.15, 0.2) is 5.78 Å². The van der Waals surface area contributed by atoms with Gasteiger partial charge in [-0.1, -0.05) is 38.1 Å².